The largest absolute Gasteiger partial charge is 0.490 e. The van der Waals surface area contributed by atoms with Crippen LogP contribution in [0.15, 0.2) is 72.9 Å². The van der Waals surface area contributed by atoms with E-state index in [0.717, 1.165) is 37.2 Å². The molecule has 1 atom stereocenters. The minimum absolute atomic E-state index is 0.0548. The van der Waals surface area contributed by atoms with Gasteiger partial charge in [0.15, 0.2) is 0 Å². The second kappa shape index (κ2) is 11.3. The zero-order valence-corrected chi connectivity index (χ0v) is 19.0. The predicted octanol–water partition coefficient (Wildman–Crippen LogP) is 4.87. The van der Waals surface area contributed by atoms with Gasteiger partial charge in [-0.15, -0.1) is 0 Å². The molecule has 1 aromatic heterocycles. The molecule has 0 saturated carbocycles. The summed E-state index contributed by atoms with van der Waals surface area (Å²) in [6, 6.07) is 18.7. The molecular weight excluding hydrogens is 441 g/mol. The number of piperidine rings is 1. The summed E-state index contributed by atoms with van der Waals surface area (Å²) in [5, 5.41) is 3.84. The maximum absolute atomic E-state index is 13.8. The van der Waals surface area contributed by atoms with Crippen molar-refractivity contribution in [2.75, 3.05) is 26.2 Å². The summed E-state index contributed by atoms with van der Waals surface area (Å²) in [6.45, 7) is 2.23. The van der Waals surface area contributed by atoms with Crippen LogP contribution in [0.1, 0.15) is 30.1 Å². The molecule has 2 aromatic carbocycles. The van der Waals surface area contributed by atoms with Gasteiger partial charge in [0, 0.05) is 12.1 Å². The second-order valence-electron chi connectivity index (χ2n) is 8.04. The molecule has 7 heteroatoms. The molecule has 0 unspecified atom stereocenters. The van der Waals surface area contributed by atoms with Crippen LogP contribution in [0.2, 0.25) is 5.02 Å². The summed E-state index contributed by atoms with van der Waals surface area (Å²) in [6.07, 6.45) is 3.26. The number of pyridine rings is 1. The average molecular weight is 468 g/mol. The Morgan fingerprint density at radius 3 is 2.52 bits per heavy atom. The monoisotopic (exact) mass is 467 g/mol. The van der Waals surface area contributed by atoms with E-state index in [1.165, 1.54) is 12.1 Å². The molecule has 5 nitrogen and oxygen atoms in total. The first-order valence-corrected chi connectivity index (χ1v) is 11.6. The smallest absolute Gasteiger partial charge is 0.226 e. The zero-order chi connectivity index (χ0) is 23.0. The van der Waals surface area contributed by atoms with Gasteiger partial charge in [-0.1, -0.05) is 41.9 Å². The van der Waals surface area contributed by atoms with Crippen LogP contribution in [0.3, 0.4) is 0 Å². The number of rotatable bonds is 8. The molecule has 0 bridgehead atoms. The SMILES string of the molecule is O=C(C1CCNCC1)N(CCOc1ccccc1Cl)[C@@H](c1ccc(F)cc1)c1ccccn1. The van der Waals surface area contributed by atoms with Crippen molar-refractivity contribution in [3.8, 4) is 5.75 Å². The maximum Gasteiger partial charge on any atom is 0.226 e. The number of nitrogens with one attached hydrogen (secondary N) is 1. The van der Waals surface area contributed by atoms with Gasteiger partial charge in [-0.3, -0.25) is 9.78 Å². The minimum Gasteiger partial charge on any atom is -0.490 e. The van der Waals surface area contributed by atoms with Crippen LogP contribution in [0, 0.1) is 11.7 Å². The molecule has 172 valence electrons. The lowest BCUT2D eigenvalue weighted by atomic mass is 9.93. The van der Waals surface area contributed by atoms with Crippen molar-refractivity contribution in [2.45, 2.75) is 18.9 Å². The number of hydrogen-bond donors (Lipinski definition) is 1. The lowest BCUT2D eigenvalue weighted by Gasteiger charge is -2.35. The Morgan fingerprint density at radius 1 is 1.09 bits per heavy atom. The maximum atomic E-state index is 13.8. The van der Waals surface area contributed by atoms with Gasteiger partial charge in [0.25, 0.3) is 0 Å². The van der Waals surface area contributed by atoms with Crippen molar-refractivity contribution in [1.29, 1.82) is 0 Å². The van der Waals surface area contributed by atoms with Gasteiger partial charge in [-0.05, 0) is 67.9 Å². The van der Waals surface area contributed by atoms with Crippen LogP contribution in [0.25, 0.3) is 0 Å². The van der Waals surface area contributed by atoms with Gasteiger partial charge in [0.05, 0.1) is 23.3 Å². The number of ether oxygens (including phenoxy) is 1. The first-order valence-electron chi connectivity index (χ1n) is 11.2. The third-order valence-corrected chi connectivity index (χ3v) is 6.18. The average Bonchev–Trinajstić information content (AvgIpc) is 2.86. The lowest BCUT2D eigenvalue weighted by molar-refractivity contribution is -0.138. The number of para-hydroxylation sites is 1. The van der Waals surface area contributed by atoms with Crippen molar-refractivity contribution in [1.82, 2.24) is 15.2 Å². The molecule has 0 aliphatic carbocycles. The number of aromatic nitrogens is 1. The third-order valence-electron chi connectivity index (χ3n) is 5.86. The Morgan fingerprint density at radius 2 is 1.82 bits per heavy atom. The van der Waals surface area contributed by atoms with E-state index in [9.17, 15) is 9.18 Å². The highest BCUT2D eigenvalue weighted by atomic mass is 35.5. The van der Waals surface area contributed by atoms with Gasteiger partial charge in [0.2, 0.25) is 5.91 Å². The quantitative estimate of drug-likeness (QED) is 0.513. The Balaban J connectivity index is 1.65. The van der Waals surface area contributed by atoms with Crippen LogP contribution in [-0.2, 0) is 4.79 Å². The summed E-state index contributed by atoms with van der Waals surface area (Å²) >= 11 is 6.23. The molecule has 1 saturated heterocycles. The van der Waals surface area contributed by atoms with Crippen molar-refractivity contribution >= 4 is 17.5 Å². The van der Waals surface area contributed by atoms with Gasteiger partial charge in [0.1, 0.15) is 18.2 Å². The zero-order valence-electron chi connectivity index (χ0n) is 18.3. The van der Waals surface area contributed by atoms with E-state index in [1.54, 1.807) is 30.5 Å². The molecule has 4 rings (SSSR count). The molecule has 1 aliphatic rings. The lowest BCUT2D eigenvalue weighted by Crippen LogP contribution is -2.45. The fourth-order valence-corrected chi connectivity index (χ4v) is 4.37. The molecule has 0 radical (unpaired) electrons. The van der Waals surface area contributed by atoms with Gasteiger partial charge < -0.3 is 15.0 Å². The summed E-state index contributed by atoms with van der Waals surface area (Å²) in [5.41, 5.74) is 1.53. The molecule has 1 fully saturated rings. The number of benzene rings is 2. The number of nitrogens with zero attached hydrogens (tertiary/aromatic N) is 2. The Bertz CT molecular complexity index is 1040. The van der Waals surface area contributed by atoms with Crippen molar-refractivity contribution in [3.63, 3.8) is 0 Å². The summed E-state index contributed by atoms with van der Waals surface area (Å²) in [4.78, 5) is 20.1. The molecule has 1 aliphatic heterocycles. The third kappa shape index (κ3) is 5.89. The Kier molecular flexibility index (Phi) is 7.92. The van der Waals surface area contributed by atoms with Crippen molar-refractivity contribution < 1.29 is 13.9 Å². The Labute approximate surface area is 198 Å². The fourth-order valence-electron chi connectivity index (χ4n) is 4.18. The number of halogens is 2. The minimum atomic E-state index is -0.455. The summed E-state index contributed by atoms with van der Waals surface area (Å²) in [5.74, 6) is 0.221. The first kappa shape index (κ1) is 23.2. The predicted molar refractivity (Wildman–Crippen MR) is 127 cm³/mol. The molecule has 33 heavy (non-hydrogen) atoms. The number of hydrogen-bond acceptors (Lipinski definition) is 4. The van der Waals surface area contributed by atoms with E-state index in [0.29, 0.717) is 17.3 Å². The van der Waals surface area contributed by atoms with Crippen LogP contribution in [0.5, 0.6) is 5.75 Å². The van der Waals surface area contributed by atoms with Crippen LogP contribution in [-0.4, -0.2) is 42.0 Å². The van der Waals surface area contributed by atoms with E-state index >= 15 is 0 Å². The van der Waals surface area contributed by atoms with E-state index in [-0.39, 0.29) is 24.2 Å². The highest BCUT2D eigenvalue weighted by Gasteiger charge is 2.33. The second-order valence-corrected chi connectivity index (χ2v) is 8.45. The normalized spacial score (nSPS) is 15.1. The van der Waals surface area contributed by atoms with E-state index in [2.05, 4.69) is 10.3 Å². The van der Waals surface area contributed by atoms with Crippen LogP contribution in [0.4, 0.5) is 4.39 Å². The van der Waals surface area contributed by atoms with E-state index in [4.69, 9.17) is 16.3 Å². The van der Waals surface area contributed by atoms with Gasteiger partial charge >= 0.3 is 0 Å². The molecule has 1 N–H and O–H groups in total. The molecule has 2 heterocycles. The first-order chi connectivity index (χ1) is 16.1. The van der Waals surface area contributed by atoms with Crippen molar-refractivity contribution in [3.05, 3.63) is 95.0 Å². The van der Waals surface area contributed by atoms with Gasteiger partial charge in [-0.2, -0.15) is 0 Å². The van der Waals surface area contributed by atoms with Crippen molar-refractivity contribution in [2.24, 2.45) is 5.92 Å². The van der Waals surface area contributed by atoms with Crippen LogP contribution >= 0.6 is 11.6 Å². The highest BCUT2D eigenvalue weighted by molar-refractivity contribution is 6.32. The number of carbonyl (C=O) groups excluding carboxylic acids is 1. The fraction of sp³-hybridized carbons (Fsp3) is 0.308. The standard InChI is InChI=1S/C26H27ClFN3O2/c27-22-5-1-2-7-24(22)33-18-17-31(26(32)20-12-15-29-16-13-20)25(23-6-3-4-14-30-23)19-8-10-21(28)11-9-19/h1-11,14,20,25,29H,12-13,15-18H2/t25-/m0/s1. The Hall–Kier alpha value is -2.96. The molecule has 1 amide bonds. The van der Waals surface area contributed by atoms with Gasteiger partial charge in [-0.25, -0.2) is 4.39 Å². The summed E-state index contributed by atoms with van der Waals surface area (Å²) < 4.78 is 19.6. The van der Waals surface area contributed by atoms with E-state index < -0.39 is 6.04 Å². The van der Waals surface area contributed by atoms with Crippen LogP contribution < -0.4 is 10.1 Å². The molecule has 3 aromatic rings. The summed E-state index contributed by atoms with van der Waals surface area (Å²) in [7, 11) is 0. The number of carbonyl (C=O) groups is 1. The molecule has 0 spiro atoms. The topological polar surface area (TPSA) is 54.5 Å². The number of amides is 1. The highest BCUT2D eigenvalue weighted by Crippen LogP contribution is 2.31. The molecular formula is C26H27ClFN3O2. The van der Waals surface area contributed by atoms with E-state index in [1.807, 2.05) is 35.2 Å².